The van der Waals surface area contributed by atoms with Crippen LogP contribution in [0.15, 0.2) is 34.4 Å². The van der Waals surface area contributed by atoms with E-state index in [4.69, 9.17) is 9.15 Å². The number of carbonyl (C=O) groups excluding carboxylic acids is 1. The molecule has 5 heteroatoms. The van der Waals surface area contributed by atoms with Crippen LogP contribution in [-0.4, -0.2) is 28.9 Å². The molecule has 0 bridgehead atoms. The standard InChI is InChI=1S/C22H25NO4/c1-13-8-14(2)11-23(10-13)12-18-19(24)7-6-17-21(25)20(27-22(17)18)9-16-5-4-15(3)26-16/h4-7,9,13-14,24H,8,10-12H2,1-3H3/b20-9-/t13-,14-/m1/s1. The quantitative estimate of drug-likeness (QED) is 0.815. The van der Waals surface area contributed by atoms with Gasteiger partial charge in [0, 0.05) is 25.7 Å². The lowest BCUT2D eigenvalue weighted by Gasteiger charge is -2.35. The van der Waals surface area contributed by atoms with E-state index in [0.717, 1.165) is 18.8 Å². The molecule has 142 valence electrons. The molecule has 1 fully saturated rings. The number of carbonyl (C=O) groups is 1. The van der Waals surface area contributed by atoms with Crippen LogP contribution in [-0.2, 0) is 6.54 Å². The second kappa shape index (κ2) is 6.89. The summed E-state index contributed by atoms with van der Waals surface area (Å²) in [6, 6.07) is 6.87. The van der Waals surface area contributed by atoms with E-state index in [-0.39, 0.29) is 17.3 Å². The Bertz CT molecular complexity index is 901. The molecule has 0 spiro atoms. The minimum Gasteiger partial charge on any atom is -0.507 e. The number of fused-ring (bicyclic) bond motifs is 1. The van der Waals surface area contributed by atoms with E-state index >= 15 is 0 Å². The zero-order valence-electron chi connectivity index (χ0n) is 16.0. The molecule has 1 saturated heterocycles. The second-order valence-corrected chi connectivity index (χ2v) is 7.97. The van der Waals surface area contributed by atoms with Gasteiger partial charge in [-0.25, -0.2) is 0 Å². The molecule has 2 aliphatic rings. The number of phenolic OH excluding ortho intramolecular Hbond substituents is 1. The normalized spacial score (nSPS) is 24.3. The van der Waals surface area contributed by atoms with Crippen molar-refractivity contribution in [1.29, 1.82) is 0 Å². The molecule has 0 unspecified atom stereocenters. The molecular formula is C22H25NO4. The molecule has 2 aromatic rings. The van der Waals surface area contributed by atoms with Crippen LogP contribution < -0.4 is 4.74 Å². The first-order chi connectivity index (χ1) is 12.9. The third-order valence-corrected chi connectivity index (χ3v) is 5.28. The summed E-state index contributed by atoms with van der Waals surface area (Å²) in [6.07, 6.45) is 2.83. The van der Waals surface area contributed by atoms with Crippen molar-refractivity contribution in [3.63, 3.8) is 0 Å². The minimum absolute atomic E-state index is 0.169. The zero-order chi connectivity index (χ0) is 19.1. The van der Waals surface area contributed by atoms with Crippen LogP contribution in [0.1, 0.15) is 47.7 Å². The highest BCUT2D eigenvalue weighted by Gasteiger charge is 2.33. The van der Waals surface area contributed by atoms with Crippen molar-refractivity contribution in [3.05, 3.63) is 52.7 Å². The number of phenols is 1. The van der Waals surface area contributed by atoms with E-state index in [1.807, 2.05) is 13.0 Å². The predicted octanol–water partition coefficient (Wildman–Crippen LogP) is 4.39. The molecule has 1 N–H and O–H groups in total. The lowest BCUT2D eigenvalue weighted by Crippen LogP contribution is -2.38. The maximum absolute atomic E-state index is 12.7. The van der Waals surface area contributed by atoms with Crippen LogP contribution in [0, 0.1) is 18.8 Å². The fraction of sp³-hybridized carbons (Fsp3) is 0.409. The largest absolute Gasteiger partial charge is 0.507 e. The molecule has 0 saturated carbocycles. The number of allylic oxidation sites excluding steroid dienone is 1. The van der Waals surface area contributed by atoms with E-state index in [2.05, 4.69) is 18.7 Å². The first-order valence-corrected chi connectivity index (χ1v) is 9.48. The molecule has 0 radical (unpaired) electrons. The SMILES string of the molecule is Cc1ccc(/C=C2\Oc3c(ccc(O)c3CN3C[C@H](C)C[C@@H](C)C3)C2=O)o1. The van der Waals surface area contributed by atoms with Crippen LogP contribution in [0.25, 0.3) is 6.08 Å². The Morgan fingerprint density at radius 1 is 1.19 bits per heavy atom. The number of hydrogen-bond donors (Lipinski definition) is 1. The number of rotatable bonds is 3. The average Bonchev–Trinajstić information content (AvgIpc) is 3.14. The van der Waals surface area contributed by atoms with Crippen molar-refractivity contribution < 1.29 is 19.1 Å². The van der Waals surface area contributed by atoms with Gasteiger partial charge in [-0.05, 0) is 49.4 Å². The van der Waals surface area contributed by atoms with Gasteiger partial charge in [0.2, 0.25) is 5.78 Å². The van der Waals surface area contributed by atoms with Crippen molar-refractivity contribution >= 4 is 11.9 Å². The van der Waals surface area contributed by atoms with Gasteiger partial charge in [0.05, 0.1) is 11.1 Å². The third-order valence-electron chi connectivity index (χ3n) is 5.28. The Kier molecular flexibility index (Phi) is 4.56. The molecule has 5 nitrogen and oxygen atoms in total. The number of benzene rings is 1. The Labute approximate surface area is 159 Å². The van der Waals surface area contributed by atoms with Crippen molar-refractivity contribution in [1.82, 2.24) is 4.90 Å². The average molecular weight is 367 g/mol. The minimum atomic E-state index is -0.180. The van der Waals surface area contributed by atoms with Gasteiger partial charge in [-0.3, -0.25) is 9.69 Å². The van der Waals surface area contributed by atoms with E-state index in [1.165, 1.54) is 6.42 Å². The van der Waals surface area contributed by atoms with E-state index in [9.17, 15) is 9.90 Å². The molecule has 4 rings (SSSR count). The first kappa shape index (κ1) is 17.9. The van der Waals surface area contributed by atoms with Gasteiger partial charge < -0.3 is 14.3 Å². The number of ketones is 1. The van der Waals surface area contributed by atoms with E-state index < -0.39 is 0 Å². The van der Waals surface area contributed by atoms with E-state index in [0.29, 0.717) is 41.0 Å². The summed E-state index contributed by atoms with van der Waals surface area (Å²) in [6.45, 7) is 8.90. The maximum atomic E-state index is 12.7. The van der Waals surface area contributed by atoms with Gasteiger partial charge in [0.15, 0.2) is 5.76 Å². The summed E-state index contributed by atoms with van der Waals surface area (Å²) < 4.78 is 11.4. The third kappa shape index (κ3) is 3.52. The van der Waals surface area contributed by atoms with Gasteiger partial charge in [-0.2, -0.15) is 0 Å². The van der Waals surface area contributed by atoms with Crippen LogP contribution in [0.2, 0.25) is 0 Å². The molecule has 1 aromatic carbocycles. The number of nitrogens with zero attached hydrogens (tertiary/aromatic N) is 1. The van der Waals surface area contributed by atoms with Crippen molar-refractivity contribution in [2.45, 2.75) is 33.7 Å². The first-order valence-electron chi connectivity index (χ1n) is 9.48. The van der Waals surface area contributed by atoms with Gasteiger partial charge >= 0.3 is 0 Å². The lowest BCUT2D eigenvalue weighted by molar-refractivity contribution is 0.101. The summed E-state index contributed by atoms with van der Waals surface area (Å²) in [4.78, 5) is 15.1. The number of likely N-dealkylation sites (tertiary alicyclic amines) is 1. The summed E-state index contributed by atoms with van der Waals surface area (Å²) >= 11 is 0. The maximum Gasteiger partial charge on any atom is 0.232 e. The Morgan fingerprint density at radius 3 is 2.59 bits per heavy atom. The van der Waals surface area contributed by atoms with Gasteiger partial charge in [-0.15, -0.1) is 0 Å². The number of Topliss-reactive ketones (excluding diaryl/α,β-unsaturated/α-hetero) is 1. The molecule has 0 amide bonds. The molecule has 1 aromatic heterocycles. The van der Waals surface area contributed by atoms with E-state index in [1.54, 1.807) is 24.3 Å². The smallest absolute Gasteiger partial charge is 0.232 e. The van der Waals surface area contributed by atoms with Gasteiger partial charge in [0.25, 0.3) is 0 Å². The number of ether oxygens (including phenoxy) is 1. The van der Waals surface area contributed by atoms with Crippen molar-refractivity contribution in [3.8, 4) is 11.5 Å². The molecule has 2 aliphatic heterocycles. The predicted molar refractivity (Wildman–Crippen MR) is 103 cm³/mol. The fourth-order valence-corrected chi connectivity index (χ4v) is 4.25. The number of piperidine rings is 1. The van der Waals surface area contributed by atoms with Crippen LogP contribution in [0.5, 0.6) is 11.5 Å². The van der Waals surface area contributed by atoms with Gasteiger partial charge in [-0.1, -0.05) is 13.8 Å². The second-order valence-electron chi connectivity index (χ2n) is 7.97. The monoisotopic (exact) mass is 367 g/mol. The van der Waals surface area contributed by atoms with Crippen molar-refractivity contribution in [2.75, 3.05) is 13.1 Å². The molecule has 3 heterocycles. The number of furan rings is 1. The highest BCUT2D eigenvalue weighted by Crippen LogP contribution is 2.40. The number of aromatic hydroxyl groups is 1. The van der Waals surface area contributed by atoms with Crippen LogP contribution in [0.4, 0.5) is 0 Å². The molecule has 0 aliphatic carbocycles. The highest BCUT2D eigenvalue weighted by atomic mass is 16.5. The molecule has 2 atom stereocenters. The summed E-state index contributed by atoms with van der Waals surface area (Å²) in [5.74, 6) is 3.28. The molecule has 27 heavy (non-hydrogen) atoms. The van der Waals surface area contributed by atoms with Crippen LogP contribution in [0.3, 0.4) is 0 Å². The van der Waals surface area contributed by atoms with Gasteiger partial charge in [0.1, 0.15) is 23.0 Å². The topological polar surface area (TPSA) is 62.9 Å². The molecular weight excluding hydrogens is 342 g/mol. The summed E-state index contributed by atoms with van der Waals surface area (Å²) in [7, 11) is 0. The Hall–Kier alpha value is -2.53. The number of hydrogen-bond acceptors (Lipinski definition) is 5. The van der Waals surface area contributed by atoms with Crippen LogP contribution >= 0.6 is 0 Å². The fourth-order valence-electron chi connectivity index (χ4n) is 4.25. The summed E-state index contributed by atoms with van der Waals surface area (Å²) in [5.41, 5.74) is 1.18. The zero-order valence-corrected chi connectivity index (χ0v) is 16.0. The Morgan fingerprint density at radius 2 is 1.93 bits per heavy atom. The lowest BCUT2D eigenvalue weighted by atomic mass is 9.91. The summed E-state index contributed by atoms with van der Waals surface area (Å²) in [5, 5.41) is 10.4. The van der Waals surface area contributed by atoms with Crippen molar-refractivity contribution in [2.24, 2.45) is 11.8 Å². The Balaban J connectivity index is 1.63. The number of aryl methyl sites for hydroxylation is 1. The highest BCUT2D eigenvalue weighted by molar-refractivity contribution is 6.14.